The molecule has 0 radical (unpaired) electrons. The van der Waals surface area contributed by atoms with E-state index in [2.05, 4.69) is 42.7 Å². The average molecular weight is 225 g/mol. The highest BCUT2D eigenvalue weighted by Crippen LogP contribution is 2.18. The number of likely N-dealkylation sites (tertiary alicyclic amines) is 1. The smallest absolute Gasteiger partial charge is 0.0226 e. The molecule has 0 saturated carbocycles. The number of nitrogens with zero attached hydrogens (tertiary/aromatic N) is 2. The van der Waals surface area contributed by atoms with Crippen LogP contribution in [0.4, 0.5) is 0 Å². The molecule has 0 aromatic heterocycles. The van der Waals surface area contributed by atoms with E-state index in [9.17, 15) is 0 Å². The summed E-state index contributed by atoms with van der Waals surface area (Å²) in [5.41, 5.74) is 1.31. The maximum atomic E-state index is 4.15. The first kappa shape index (κ1) is 13.7. The molecule has 94 valence electrons. The van der Waals surface area contributed by atoms with Gasteiger partial charge in [0.05, 0.1) is 0 Å². The molecule has 0 aliphatic carbocycles. The minimum absolute atomic E-state index is 0.730. The van der Waals surface area contributed by atoms with Crippen molar-refractivity contribution in [3.63, 3.8) is 0 Å². The Bertz CT molecular complexity index is 213. The lowest BCUT2D eigenvalue weighted by atomic mass is 10.2. The van der Waals surface area contributed by atoms with Gasteiger partial charge in [-0.1, -0.05) is 13.5 Å². The lowest BCUT2D eigenvalue weighted by Gasteiger charge is -2.27. The van der Waals surface area contributed by atoms with E-state index in [0.29, 0.717) is 0 Å². The summed E-state index contributed by atoms with van der Waals surface area (Å²) in [5, 5.41) is 3.34. The number of rotatable bonds is 7. The van der Waals surface area contributed by atoms with Crippen molar-refractivity contribution in [2.45, 2.75) is 25.8 Å². The van der Waals surface area contributed by atoms with Gasteiger partial charge in [0, 0.05) is 25.7 Å². The zero-order valence-corrected chi connectivity index (χ0v) is 11.1. The van der Waals surface area contributed by atoms with Gasteiger partial charge in [0.25, 0.3) is 0 Å². The molecule has 1 N–H and O–H groups in total. The zero-order valence-electron chi connectivity index (χ0n) is 11.1. The van der Waals surface area contributed by atoms with Crippen molar-refractivity contribution in [1.29, 1.82) is 0 Å². The molecule has 1 atom stereocenters. The van der Waals surface area contributed by atoms with Gasteiger partial charge in [-0.05, 0) is 45.6 Å². The Balaban J connectivity index is 2.31. The van der Waals surface area contributed by atoms with Gasteiger partial charge < -0.3 is 10.2 Å². The van der Waals surface area contributed by atoms with E-state index in [1.807, 2.05) is 0 Å². The summed E-state index contributed by atoms with van der Waals surface area (Å²) >= 11 is 0. The molecular weight excluding hydrogens is 198 g/mol. The molecule has 1 fully saturated rings. The van der Waals surface area contributed by atoms with Gasteiger partial charge >= 0.3 is 0 Å². The van der Waals surface area contributed by atoms with Gasteiger partial charge in [-0.2, -0.15) is 0 Å². The molecule has 1 rings (SSSR count). The van der Waals surface area contributed by atoms with Crippen molar-refractivity contribution in [1.82, 2.24) is 15.1 Å². The number of hydrogen-bond donors (Lipinski definition) is 1. The second kappa shape index (κ2) is 7.05. The standard InChI is InChI=1S/C13H27N3/c1-5-14-9-12(2)10-16-8-6-7-13(16)11-15(3)4/h13-14H,2,5-11H2,1,3-4H3. The molecule has 1 aliphatic rings. The predicted octanol–water partition coefficient (Wildman–Crippen LogP) is 1.18. The highest BCUT2D eigenvalue weighted by Gasteiger charge is 2.24. The molecule has 0 aromatic carbocycles. The highest BCUT2D eigenvalue weighted by atomic mass is 15.2. The van der Waals surface area contributed by atoms with E-state index in [0.717, 1.165) is 25.7 Å². The molecule has 0 spiro atoms. The first-order valence-corrected chi connectivity index (χ1v) is 6.39. The fraction of sp³-hybridized carbons (Fsp3) is 0.846. The quantitative estimate of drug-likeness (QED) is 0.656. The van der Waals surface area contributed by atoms with Crippen LogP contribution < -0.4 is 5.32 Å². The van der Waals surface area contributed by atoms with Gasteiger partial charge in [-0.3, -0.25) is 4.90 Å². The molecule has 1 heterocycles. The van der Waals surface area contributed by atoms with E-state index in [-0.39, 0.29) is 0 Å². The topological polar surface area (TPSA) is 18.5 Å². The molecule has 0 aromatic rings. The average Bonchev–Trinajstić information content (AvgIpc) is 2.62. The Hall–Kier alpha value is -0.380. The minimum Gasteiger partial charge on any atom is -0.313 e. The van der Waals surface area contributed by atoms with Gasteiger partial charge in [-0.15, -0.1) is 0 Å². The molecule has 0 amide bonds. The van der Waals surface area contributed by atoms with E-state index >= 15 is 0 Å². The van der Waals surface area contributed by atoms with Crippen molar-refractivity contribution in [3.05, 3.63) is 12.2 Å². The summed E-state index contributed by atoms with van der Waals surface area (Å²) in [4.78, 5) is 4.87. The molecule has 1 unspecified atom stereocenters. The summed E-state index contributed by atoms with van der Waals surface area (Å²) in [6, 6.07) is 0.730. The maximum absolute atomic E-state index is 4.15. The Morgan fingerprint density at radius 2 is 2.25 bits per heavy atom. The Labute approximate surface area is 100 Å². The van der Waals surface area contributed by atoms with Crippen molar-refractivity contribution < 1.29 is 0 Å². The van der Waals surface area contributed by atoms with Crippen LogP contribution in [-0.4, -0.2) is 62.7 Å². The number of hydrogen-bond acceptors (Lipinski definition) is 3. The summed E-state index contributed by atoms with van der Waals surface area (Å²) in [6.07, 6.45) is 2.68. The van der Waals surface area contributed by atoms with Crippen LogP contribution in [0.3, 0.4) is 0 Å². The van der Waals surface area contributed by atoms with Crippen molar-refractivity contribution in [2.75, 3.05) is 46.8 Å². The van der Waals surface area contributed by atoms with Gasteiger partial charge in [0.2, 0.25) is 0 Å². The fourth-order valence-electron chi connectivity index (χ4n) is 2.38. The summed E-state index contributed by atoms with van der Waals surface area (Å²) in [7, 11) is 4.31. The van der Waals surface area contributed by atoms with Gasteiger partial charge in [0.15, 0.2) is 0 Å². The molecule has 1 saturated heterocycles. The van der Waals surface area contributed by atoms with E-state index in [1.54, 1.807) is 0 Å². The molecular formula is C13H27N3. The molecule has 0 bridgehead atoms. The Kier molecular flexibility index (Phi) is 6.03. The minimum atomic E-state index is 0.730. The molecule has 1 aliphatic heterocycles. The Morgan fingerprint density at radius 1 is 1.50 bits per heavy atom. The third kappa shape index (κ3) is 4.64. The van der Waals surface area contributed by atoms with Crippen LogP contribution in [0.25, 0.3) is 0 Å². The van der Waals surface area contributed by atoms with E-state index < -0.39 is 0 Å². The third-order valence-corrected chi connectivity index (χ3v) is 3.13. The lowest BCUT2D eigenvalue weighted by molar-refractivity contribution is 0.220. The SMILES string of the molecule is C=C(CNCC)CN1CCCC1CN(C)C. The number of nitrogens with one attached hydrogen (secondary N) is 1. The second-order valence-electron chi connectivity index (χ2n) is 5.06. The van der Waals surface area contributed by atoms with Crippen LogP contribution in [0, 0.1) is 0 Å². The maximum Gasteiger partial charge on any atom is 0.0226 e. The highest BCUT2D eigenvalue weighted by molar-refractivity contribution is 5.01. The first-order valence-electron chi connectivity index (χ1n) is 6.39. The van der Waals surface area contributed by atoms with Gasteiger partial charge in [-0.25, -0.2) is 0 Å². The largest absolute Gasteiger partial charge is 0.313 e. The summed E-state index contributed by atoms with van der Waals surface area (Å²) < 4.78 is 0. The van der Waals surface area contributed by atoms with E-state index in [1.165, 1.54) is 31.5 Å². The Morgan fingerprint density at radius 3 is 2.88 bits per heavy atom. The fourth-order valence-corrected chi connectivity index (χ4v) is 2.38. The van der Waals surface area contributed by atoms with Crippen LogP contribution in [-0.2, 0) is 0 Å². The summed E-state index contributed by atoms with van der Waals surface area (Å²) in [6.45, 7) is 11.8. The summed E-state index contributed by atoms with van der Waals surface area (Å²) in [5.74, 6) is 0. The van der Waals surface area contributed by atoms with Crippen molar-refractivity contribution >= 4 is 0 Å². The normalized spacial score (nSPS) is 21.9. The van der Waals surface area contributed by atoms with Gasteiger partial charge in [0.1, 0.15) is 0 Å². The van der Waals surface area contributed by atoms with Crippen LogP contribution in [0.15, 0.2) is 12.2 Å². The second-order valence-corrected chi connectivity index (χ2v) is 5.06. The first-order chi connectivity index (χ1) is 7.63. The van der Waals surface area contributed by atoms with Crippen LogP contribution in [0.5, 0.6) is 0 Å². The van der Waals surface area contributed by atoms with Crippen LogP contribution in [0.2, 0.25) is 0 Å². The predicted molar refractivity (Wildman–Crippen MR) is 70.8 cm³/mol. The zero-order chi connectivity index (χ0) is 12.0. The van der Waals surface area contributed by atoms with Crippen LogP contribution in [0.1, 0.15) is 19.8 Å². The number of likely N-dealkylation sites (N-methyl/N-ethyl adjacent to an activating group) is 2. The monoisotopic (exact) mass is 225 g/mol. The molecule has 16 heavy (non-hydrogen) atoms. The van der Waals surface area contributed by atoms with E-state index in [4.69, 9.17) is 0 Å². The van der Waals surface area contributed by atoms with Crippen molar-refractivity contribution in [3.8, 4) is 0 Å². The van der Waals surface area contributed by atoms with Crippen molar-refractivity contribution in [2.24, 2.45) is 0 Å². The van der Waals surface area contributed by atoms with Crippen LogP contribution >= 0.6 is 0 Å². The molecule has 3 heteroatoms. The molecule has 3 nitrogen and oxygen atoms in total. The third-order valence-electron chi connectivity index (χ3n) is 3.13. The lowest BCUT2D eigenvalue weighted by Crippen LogP contribution is -2.39.